The zero-order valence-electron chi connectivity index (χ0n) is 24.8. The zero-order valence-corrected chi connectivity index (χ0v) is 25.6. The van der Waals surface area contributed by atoms with Gasteiger partial charge in [0.15, 0.2) is 5.82 Å². The quantitative estimate of drug-likeness (QED) is 0.203. The molecular weight excluding hydrogens is 567 g/mol. The van der Waals surface area contributed by atoms with E-state index in [-0.39, 0.29) is 0 Å². The Labute approximate surface area is 266 Å². The van der Waals surface area contributed by atoms with Gasteiger partial charge in [0, 0.05) is 50.5 Å². The summed E-state index contributed by atoms with van der Waals surface area (Å²) in [5.41, 5.74) is 12.4. The van der Waals surface area contributed by atoms with Gasteiger partial charge in [-0.15, -0.1) is 11.8 Å². The third kappa shape index (κ3) is 4.36. The molecule has 0 spiro atoms. The molecule has 2 aliphatic rings. The van der Waals surface area contributed by atoms with Gasteiger partial charge in [0.2, 0.25) is 0 Å². The minimum atomic E-state index is 0.389. The smallest absolute Gasteiger partial charge is 0.159 e. The van der Waals surface area contributed by atoms with Crippen molar-refractivity contribution in [3.05, 3.63) is 157 Å². The second kappa shape index (κ2) is 10.5. The average molecular weight is 596 g/mol. The molecule has 1 aliphatic carbocycles. The van der Waals surface area contributed by atoms with Crippen molar-refractivity contribution in [2.24, 2.45) is 0 Å². The Morgan fingerprint density at radius 3 is 2.24 bits per heavy atom. The fourth-order valence-corrected chi connectivity index (χ4v) is 8.42. The Kier molecular flexibility index (Phi) is 6.10. The molecule has 45 heavy (non-hydrogen) atoms. The number of hydrogen-bond donors (Lipinski definition) is 0. The standard InChI is InChI=1S/C41H29N3S/c1-26-12-19-39-35(22-26)36-24-30(27-8-3-2-4-9-27)23-34(40(36)45-39)29-15-18-33-32-10-5-6-11-37(32)44(38(33)25-29)31-16-13-28(14-17-31)41-42-20-7-21-43-41/h2-25,35,39H,1H3. The van der Waals surface area contributed by atoms with Gasteiger partial charge in [-0.25, -0.2) is 9.97 Å². The van der Waals surface area contributed by atoms with Gasteiger partial charge in [-0.1, -0.05) is 84.5 Å². The van der Waals surface area contributed by atoms with Gasteiger partial charge in [0.25, 0.3) is 0 Å². The van der Waals surface area contributed by atoms with E-state index in [1.165, 1.54) is 60.1 Å². The van der Waals surface area contributed by atoms with Gasteiger partial charge in [-0.05, 0) is 89.3 Å². The lowest BCUT2D eigenvalue weighted by Crippen LogP contribution is -2.08. The van der Waals surface area contributed by atoms with Gasteiger partial charge in [0.1, 0.15) is 0 Å². The van der Waals surface area contributed by atoms with E-state index in [0.29, 0.717) is 11.2 Å². The van der Waals surface area contributed by atoms with Crippen LogP contribution in [0.4, 0.5) is 0 Å². The van der Waals surface area contributed by atoms with Gasteiger partial charge in [-0.2, -0.15) is 0 Å². The first-order valence-corrected chi connectivity index (χ1v) is 16.3. The maximum Gasteiger partial charge on any atom is 0.159 e. The van der Waals surface area contributed by atoms with Crippen molar-refractivity contribution in [2.75, 3.05) is 0 Å². The summed E-state index contributed by atoms with van der Waals surface area (Å²) < 4.78 is 2.40. The fourth-order valence-electron chi connectivity index (χ4n) is 6.98. The molecule has 3 heterocycles. The maximum atomic E-state index is 4.45. The van der Waals surface area contributed by atoms with E-state index in [4.69, 9.17) is 0 Å². The number of fused-ring (bicyclic) bond motifs is 6. The lowest BCUT2D eigenvalue weighted by Gasteiger charge is -2.18. The first-order valence-electron chi connectivity index (χ1n) is 15.4. The van der Waals surface area contributed by atoms with E-state index in [1.54, 1.807) is 12.4 Å². The zero-order chi connectivity index (χ0) is 29.9. The minimum absolute atomic E-state index is 0.389. The first kappa shape index (κ1) is 26.2. The number of rotatable bonds is 4. The highest BCUT2D eigenvalue weighted by Crippen LogP contribution is 2.54. The van der Waals surface area contributed by atoms with Crippen LogP contribution < -0.4 is 0 Å². The third-order valence-electron chi connectivity index (χ3n) is 9.12. The molecule has 2 unspecified atom stereocenters. The maximum absolute atomic E-state index is 4.45. The van der Waals surface area contributed by atoms with Crippen LogP contribution in [-0.4, -0.2) is 19.8 Å². The van der Waals surface area contributed by atoms with E-state index in [1.807, 2.05) is 17.8 Å². The molecule has 1 aliphatic heterocycles. The molecular formula is C41H29N3S. The number of hydrogen-bond acceptors (Lipinski definition) is 3. The second-order valence-electron chi connectivity index (χ2n) is 11.9. The summed E-state index contributed by atoms with van der Waals surface area (Å²) in [6, 6.07) is 41.8. The van der Waals surface area contributed by atoms with E-state index in [0.717, 1.165) is 17.1 Å². The lowest BCUT2D eigenvalue weighted by molar-refractivity contribution is 0.871. The van der Waals surface area contributed by atoms with Crippen molar-refractivity contribution in [2.45, 2.75) is 23.0 Å². The lowest BCUT2D eigenvalue weighted by atomic mass is 9.86. The molecule has 0 amide bonds. The Hall–Kier alpha value is -5.19. The summed E-state index contributed by atoms with van der Waals surface area (Å²) in [7, 11) is 0. The molecule has 7 aromatic rings. The number of nitrogens with zero attached hydrogens (tertiary/aromatic N) is 3. The van der Waals surface area contributed by atoms with Gasteiger partial charge >= 0.3 is 0 Å². The van der Waals surface area contributed by atoms with Crippen molar-refractivity contribution in [1.82, 2.24) is 14.5 Å². The van der Waals surface area contributed by atoms with Crippen molar-refractivity contribution < 1.29 is 0 Å². The summed E-state index contributed by atoms with van der Waals surface area (Å²) >= 11 is 2.01. The Balaban J connectivity index is 1.25. The fraction of sp³-hybridized carbons (Fsp3) is 0.0732. The predicted molar refractivity (Wildman–Crippen MR) is 188 cm³/mol. The van der Waals surface area contributed by atoms with Gasteiger partial charge in [0.05, 0.1) is 11.0 Å². The molecule has 214 valence electrons. The third-order valence-corrected chi connectivity index (χ3v) is 10.5. The highest BCUT2D eigenvalue weighted by atomic mass is 32.2. The molecule has 0 bridgehead atoms. The molecule has 2 aromatic heterocycles. The van der Waals surface area contributed by atoms with Crippen LogP contribution >= 0.6 is 11.8 Å². The monoisotopic (exact) mass is 595 g/mol. The average Bonchev–Trinajstić information content (AvgIpc) is 3.63. The minimum Gasteiger partial charge on any atom is -0.309 e. The van der Waals surface area contributed by atoms with E-state index < -0.39 is 0 Å². The molecule has 4 heteroatoms. The molecule has 0 N–H and O–H groups in total. The summed E-state index contributed by atoms with van der Waals surface area (Å²) in [5.74, 6) is 1.12. The van der Waals surface area contributed by atoms with Crippen LogP contribution in [-0.2, 0) is 0 Å². The van der Waals surface area contributed by atoms with Crippen LogP contribution in [0.5, 0.6) is 0 Å². The number of allylic oxidation sites excluding steroid dienone is 3. The highest BCUT2D eigenvalue weighted by molar-refractivity contribution is 8.00. The van der Waals surface area contributed by atoms with Crippen molar-refractivity contribution in [3.63, 3.8) is 0 Å². The first-order chi connectivity index (χ1) is 22.2. The SMILES string of the molecule is CC1=CC2c3cc(-c4ccccc4)cc(-c4ccc5c6ccccc6n(-c6ccc(-c7ncccn7)cc6)c5c4)c3SC2C=C1. The number of aromatic nitrogens is 3. The molecule has 5 aromatic carbocycles. The van der Waals surface area contributed by atoms with Gasteiger partial charge in [-0.3, -0.25) is 0 Å². The van der Waals surface area contributed by atoms with E-state index in [9.17, 15) is 0 Å². The molecule has 0 fully saturated rings. The van der Waals surface area contributed by atoms with Gasteiger partial charge < -0.3 is 4.57 Å². The van der Waals surface area contributed by atoms with Crippen LogP contribution in [0.15, 0.2) is 156 Å². The van der Waals surface area contributed by atoms with Crippen LogP contribution in [0.2, 0.25) is 0 Å². The van der Waals surface area contributed by atoms with E-state index >= 15 is 0 Å². The topological polar surface area (TPSA) is 30.7 Å². The Bertz CT molecular complexity index is 2300. The number of benzene rings is 5. The van der Waals surface area contributed by atoms with Crippen molar-refractivity contribution in [3.8, 4) is 39.3 Å². The molecule has 0 saturated heterocycles. The van der Waals surface area contributed by atoms with Crippen LogP contribution in [0.25, 0.3) is 61.1 Å². The molecule has 0 radical (unpaired) electrons. The Morgan fingerprint density at radius 2 is 1.40 bits per heavy atom. The number of thioether (sulfide) groups is 1. The van der Waals surface area contributed by atoms with Crippen molar-refractivity contribution in [1.29, 1.82) is 0 Å². The summed E-state index contributed by atoms with van der Waals surface area (Å²) in [4.78, 5) is 10.3. The molecule has 0 saturated carbocycles. The summed E-state index contributed by atoms with van der Waals surface area (Å²) in [6.45, 7) is 2.21. The predicted octanol–water partition coefficient (Wildman–Crippen LogP) is 10.6. The normalized spacial score (nSPS) is 17.0. The highest BCUT2D eigenvalue weighted by Gasteiger charge is 2.34. The van der Waals surface area contributed by atoms with Crippen LogP contribution in [0, 0.1) is 0 Å². The molecule has 2 atom stereocenters. The summed E-state index contributed by atoms with van der Waals surface area (Å²) in [5, 5.41) is 2.93. The number of para-hydroxylation sites is 1. The summed E-state index contributed by atoms with van der Waals surface area (Å²) in [6.07, 6.45) is 10.7. The van der Waals surface area contributed by atoms with Crippen LogP contribution in [0.1, 0.15) is 18.4 Å². The molecule has 9 rings (SSSR count). The van der Waals surface area contributed by atoms with E-state index in [2.05, 4.69) is 149 Å². The van der Waals surface area contributed by atoms with Crippen molar-refractivity contribution >= 4 is 33.6 Å². The second-order valence-corrected chi connectivity index (χ2v) is 13.1. The Morgan fingerprint density at radius 1 is 0.644 bits per heavy atom. The molecule has 3 nitrogen and oxygen atoms in total. The van der Waals surface area contributed by atoms with Crippen LogP contribution in [0.3, 0.4) is 0 Å². The largest absolute Gasteiger partial charge is 0.309 e.